The number of aliphatic hydroxyl groups excluding tert-OH is 1. The lowest BCUT2D eigenvalue weighted by Gasteiger charge is -2.33. The van der Waals surface area contributed by atoms with Crippen LogP contribution >= 0.6 is 0 Å². The van der Waals surface area contributed by atoms with E-state index in [0.29, 0.717) is 17.9 Å². The van der Waals surface area contributed by atoms with E-state index in [1.807, 2.05) is 37.3 Å². The van der Waals surface area contributed by atoms with Gasteiger partial charge in [0.2, 0.25) is 0 Å². The Labute approximate surface area is 121 Å². The topological polar surface area (TPSA) is 49.3 Å². The van der Waals surface area contributed by atoms with Crippen molar-refractivity contribution in [1.82, 2.24) is 5.32 Å². The van der Waals surface area contributed by atoms with Crippen LogP contribution < -0.4 is 5.32 Å². The third-order valence-corrected chi connectivity index (χ3v) is 4.32. The van der Waals surface area contributed by atoms with E-state index >= 15 is 0 Å². The maximum atomic E-state index is 12.3. The van der Waals surface area contributed by atoms with Gasteiger partial charge in [0.1, 0.15) is 0 Å². The lowest BCUT2D eigenvalue weighted by Crippen LogP contribution is -2.48. The van der Waals surface area contributed by atoms with Crippen molar-refractivity contribution in [1.29, 1.82) is 0 Å². The number of nitrogens with one attached hydrogen (secondary N) is 1. The summed E-state index contributed by atoms with van der Waals surface area (Å²) in [6.07, 6.45) is 6.13. The maximum Gasteiger partial charge on any atom is 0.251 e. The lowest BCUT2D eigenvalue weighted by atomic mass is 9.81. The zero-order chi connectivity index (χ0) is 14.4. The molecule has 3 nitrogen and oxygen atoms in total. The first-order chi connectivity index (χ1) is 9.72. The molecular formula is C17H25NO2. The van der Waals surface area contributed by atoms with Crippen LogP contribution in [0.4, 0.5) is 0 Å². The first-order valence-electron chi connectivity index (χ1n) is 7.76. The predicted octanol–water partition coefficient (Wildman–Crippen LogP) is 3.14. The molecule has 1 amide bonds. The number of hydrogen-bond donors (Lipinski definition) is 2. The predicted molar refractivity (Wildman–Crippen MR) is 80.6 cm³/mol. The van der Waals surface area contributed by atoms with E-state index in [-0.39, 0.29) is 11.9 Å². The highest BCUT2D eigenvalue weighted by Crippen LogP contribution is 2.28. The maximum absolute atomic E-state index is 12.3. The second-order valence-electron chi connectivity index (χ2n) is 5.74. The zero-order valence-corrected chi connectivity index (χ0v) is 12.2. The molecule has 0 unspecified atom stereocenters. The van der Waals surface area contributed by atoms with Crippen LogP contribution in [0.15, 0.2) is 30.3 Å². The number of benzene rings is 1. The van der Waals surface area contributed by atoms with Crippen molar-refractivity contribution in [3.63, 3.8) is 0 Å². The molecule has 0 aliphatic heterocycles. The number of carbonyl (C=O) groups excluding carboxylic acids is 1. The molecule has 3 heteroatoms. The lowest BCUT2D eigenvalue weighted by molar-refractivity contribution is 0.0650. The van der Waals surface area contributed by atoms with E-state index in [1.165, 1.54) is 19.3 Å². The van der Waals surface area contributed by atoms with Crippen LogP contribution in [0.1, 0.15) is 55.8 Å². The minimum atomic E-state index is -0.453. The Morgan fingerprint density at radius 2 is 1.90 bits per heavy atom. The average molecular weight is 275 g/mol. The Hall–Kier alpha value is -1.35. The Balaban J connectivity index is 2.05. The van der Waals surface area contributed by atoms with Crippen molar-refractivity contribution in [3.05, 3.63) is 35.9 Å². The number of carbonyl (C=O) groups is 1. The van der Waals surface area contributed by atoms with Crippen molar-refractivity contribution in [2.45, 2.75) is 57.6 Å². The summed E-state index contributed by atoms with van der Waals surface area (Å²) in [7, 11) is 0. The monoisotopic (exact) mass is 275 g/mol. The molecule has 0 spiro atoms. The Morgan fingerprint density at radius 3 is 2.50 bits per heavy atom. The molecule has 0 heterocycles. The van der Waals surface area contributed by atoms with Gasteiger partial charge in [0, 0.05) is 5.56 Å². The molecule has 110 valence electrons. The summed E-state index contributed by atoms with van der Waals surface area (Å²) in [4.78, 5) is 12.3. The molecular weight excluding hydrogens is 250 g/mol. The Kier molecular flexibility index (Phi) is 5.60. The van der Waals surface area contributed by atoms with E-state index in [2.05, 4.69) is 5.32 Å². The standard InChI is InChI=1S/C17H25NO2/c1-2-15(19)16(13-9-5-3-6-10-13)18-17(20)14-11-7-4-8-12-14/h4,7-8,11-13,15-16,19H,2-3,5-6,9-10H2,1H3,(H,18,20)/t15-,16+/m0/s1. The summed E-state index contributed by atoms with van der Waals surface area (Å²) < 4.78 is 0. The van der Waals surface area contributed by atoms with E-state index in [4.69, 9.17) is 0 Å². The Bertz CT molecular complexity index is 412. The van der Waals surface area contributed by atoms with Gasteiger partial charge in [0.05, 0.1) is 12.1 Å². The van der Waals surface area contributed by atoms with Crippen molar-refractivity contribution in [2.75, 3.05) is 0 Å². The summed E-state index contributed by atoms with van der Waals surface area (Å²) in [5.41, 5.74) is 0.664. The van der Waals surface area contributed by atoms with Gasteiger partial charge in [-0.1, -0.05) is 44.4 Å². The van der Waals surface area contributed by atoms with Crippen LogP contribution in [0.25, 0.3) is 0 Å². The normalized spacial score (nSPS) is 19.3. The van der Waals surface area contributed by atoms with Crippen LogP contribution in [-0.2, 0) is 0 Å². The SMILES string of the molecule is CC[C@H](O)[C@H](NC(=O)c1ccccc1)C1CCCCC1. The molecule has 1 aromatic carbocycles. The minimum Gasteiger partial charge on any atom is -0.391 e. The molecule has 2 rings (SSSR count). The second-order valence-corrected chi connectivity index (χ2v) is 5.74. The first-order valence-corrected chi connectivity index (χ1v) is 7.76. The largest absolute Gasteiger partial charge is 0.391 e. The zero-order valence-electron chi connectivity index (χ0n) is 12.2. The smallest absolute Gasteiger partial charge is 0.251 e. The molecule has 2 atom stereocenters. The summed E-state index contributed by atoms with van der Waals surface area (Å²) >= 11 is 0. The molecule has 0 aromatic heterocycles. The molecule has 0 radical (unpaired) electrons. The highest BCUT2D eigenvalue weighted by molar-refractivity contribution is 5.94. The highest BCUT2D eigenvalue weighted by atomic mass is 16.3. The number of rotatable bonds is 5. The van der Waals surface area contributed by atoms with Gasteiger partial charge in [-0.3, -0.25) is 4.79 Å². The Morgan fingerprint density at radius 1 is 1.25 bits per heavy atom. The number of aliphatic hydroxyl groups is 1. The molecule has 2 N–H and O–H groups in total. The quantitative estimate of drug-likeness (QED) is 0.867. The van der Waals surface area contributed by atoms with E-state index < -0.39 is 6.10 Å². The van der Waals surface area contributed by atoms with Crippen molar-refractivity contribution in [2.24, 2.45) is 5.92 Å². The van der Waals surface area contributed by atoms with Gasteiger partial charge >= 0.3 is 0 Å². The molecule has 1 aliphatic carbocycles. The summed E-state index contributed by atoms with van der Waals surface area (Å²) in [5, 5.41) is 13.3. The summed E-state index contributed by atoms with van der Waals surface area (Å²) in [6, 6.07) is 9.13. The highest BCUT2D eigenvalue weighted by Gasteiger charge is 2.30. The van der Waals surface area contributed by atoms with Crippen molar-refractivity contribution >= 4 is 5.91 Å². The number of hydrogen-bond acceptors (Lipinski definition) is 2. The van der Waals surface area contributed by atoms with Gasteiger partial charge in [0.15, 0.2) is 0 Å². The van der Waals surface area contributed by atoms with E-state index in [9.17, 15) is 9.90 Å². The van der Waals surface area contributed by atoms with Crippen LogP contribution in [0.5, 0.6) is 0 Å². The molecule has 0 saturated heterocycles. The fourth-order valence-corrected chi connectivity index (χ4v) is 3.10. The minimum absolute atomic E-state index is 0.0753. The van der Waals surface area contributed by atoms with Crippen LogP contribution in [-0.4, -0.2) is 23.2 Å². The third-order valence-electron chi connectivity index (χ3n) is 4.32. The van der Waals surface area contributed by atoms with Gasteiger partial charge in [-0.2, -0.15) is 0 Å². The average Bonchev–Trinajstić information content (AvgIpc) is 2.53. The van der Waals surface area contributed by atoms with E-state index in [0.717, 1.165) is 12.8 Å². The van der Waals surface area contributed by atoms with Gasteiger partial charge < -0.3 is 10.4 Å². The molecule has 20 heavy (non-hydrogen) atoms. The van der Waals surface area contributed by atoms with Gasteiger partial charge in [-0.05, 0) is 37.3 Å². The molecule has 1 fully saturated rings. The second kappa shape index (κ2) is 7.44. The summed E-state index contributed by atoms with van der Waals surface area (Å²) in [6.45, 7) is 1.97. The molecule has 1 saturated carbocycles. The van der Waals surface area contributed by atoms with Gasteiger partial charge in [0.25, 0.3) is 5.91 Å². The van der Waals surface area contributed by atoms with Crippen LogP contribution in [0, 0.1) is 5.92 Å². The molecule has 1 aromatic rings. The van der Waals surface area contributed by atoms with E-state index in [1.54, 1.807) is 0 Å². The molecule has 0 bridgehead atoms. The number of amides is 1. The first kappa shape index (κ1) is 15.0. The fraction of sp³-hybridized carbons (Fsp3) is 0.588. The van der Waals surface area contributed by atoms with Crippen molar-refractivity contribution in [3.8, 4) is 0 Å². The van der Waals surface area contributed by atoms with Gasteiger partial charge in [-0.25, -0.2) is 0 Å². The van der Waals surface area contributed by atoms with Crippen molar-refractivity contribution < 1.29 is 9.90 Å². The fourth-order valence-electron chi connectivity index (χ4n) is 3.10. The molecule has 1 aliphatic rings. The third kappa shape index (κ3) is 3.83. The summed E-state index contributed by atoms with van der Waals surface area (Å²) in [5.74, 6) is 0.333. The van der Waals surface area contributed by atoms with Crippen LogP contribution in [0.2, 0.25) is 0 Å². The van der Waals surface area contributed by atoms with Gasteiger partial charge in [-0.15, -0.1) is 0 Å². The van der Waals surface area contributed by atoms with Crippen LogP contribution in [0.3, 0.4) is 0 Å².